The van der Waals surface area contributed by atoms with Gasteiger partial charge in [0.2, 0.25) is 5.91 Å². The van der Waals surface area contributed by atoms with Crippen molar-refractivity contribution in [3.8, 4) is 11.1 Å². The molecule has 1 fully saturated rings. The Labute approximate surface area is 205 Å². The molecule has 4 rings (SSSR count). The molecule has 2 amide bonds. The largest absolute Gasteiger partial charge is 0.480 e. The third-order valence-electron chi connectivity index (χ3n) is 6.87. The number of hydrogen-bond acceptors (Lipinski definition) is 5. The maximum absolute atomic E-state index is 12.7. The zero-order valence-electron chi connectivity index (χ0n) is 19.7. The van der Waals surface area contributed by atoms with Gasteiger partial charge in [-0.25, -0.2) is 9.59 Å². The number of carbonyl (C=O) groups is 3. The van der Waals surface area contributed by atoms with E-state index in [4.69, 9.17) is 14.6 Å². The second-order valence-electron chi connectivity index (χ2n) is 9.09. The summed E-state index contributed by atoms with van der Waals surface area (Å²) >= 11 is 0. The van der Waals surface area contributed by atoms with Crippen molar-refractivity contribution in [1.29, 1.82) is 0 Å². The highest BCUT2D eigenvalue weighted by atomic mass is 16.5. The van der Waals surface area contributed by atoms with E-state index in [1.807, 2.05) is 24.3 Å². The van der Waals surface area contributed by atoms with E-state index in [9.17, 15) is 14.4 Å². The van der Waals surface area contributed by atoms with Crippen molar-refractivity contribution in [2.75, 3.05) is 32.9 Å². The molecule has 2 atom stereocenters. The average Bonchev–Trinajstić information content (AvgIpc) is 3.19. The minimum Gasteiger partial charge on any atom is -0.480 e. The number of alkyl carbamates (subject to hydrolysis) is 1. The summed E-state index contributed by atoms with van der Waals surface area (Å²) < 4.78 is 10.6. The first kappa shape index (κ1) is 24.7. The quantitative estimate of drug-likeness (QED) is 0.448. The van der Waals surface area contributed by atoms with Crippen LogP contribution in [0.5, 0.6) is 0 Å². The minimum atomic E-state index is -1.04. The van der Waals surface area contributed by atoms with Crippen LogP contribution < -0.4 is 10.6 Å². The number of rotatable bonds is 10. The summed E-state index contributed by atoms with van der Waals surface area (Å²) in [5, 5.41) is 14.3. The van der Waals surface area contributed by atoms with E-state index >= 15 is 0 Å². The Morgan fingerprint density at radius 2 is 1.57 bits per heavy atom. The zero-order valence-corrected chi connectivity index (χ0v) is 19.7. The van der Waals surface area contributed by atoms with Gasteiger partial charge in [-0.15, -0.1) is 0 Å². The molecule has 0 spiro atoms. The molecular weight excluding hydrogens is 448 g/mol. The molecule has 0 aromatic heterocycles. The van der Waals surface area contributed by atoms with Crippen LogP contribution in [-0.2, 0) is 19.1 Å². The van der Waals surface area contributed by atoms with Gasteiger partial charge in [0.25, 0.3) is 0 Å². The minimum absolute atomic E-state index is 0.00435. The Morgan fingerprint density at radius 1 is 0.914 bits per heavy atom. The van der Waals surface area contributed by atoms with E-state index in [2.05, 4.69) is 34.9 Å². The van der Waals surface area contributed by atoms with Gasteiger partial charge >= 0.3 is 12.1 Å². The monoisotopic (exact) mass is 480 g/mol. The molecule has 2 aromatic rings. The summed E-state index contributed by atoms with van der Waals surface area (Å²) in [4.78, 5) is 35.7. The topological polar surface area (TPSA) is 114 Å². The molecule has 8 nitrogen and oxygen atoms in total. The highest BCUT2D eigenvalue weighted by Gasteiger charge is 2.32. The molecule has 186 valence electrons. The van der Waals surface area contributed by atoms with E-state index in [1.165, 1.54) is 11.1 Å². The number of nitrogens with one attached hydrogen (secondary N) is 2. The summed E-state index contributed by atoms with van der Waals surface area (Å²) in [7, 11) is 0. The lowest BCUT2D eigenvalue weighted by molar-refractivity contribution is -0.142. The van der Waals surface area contributed by atoms with Crippen molar-refractivity contribution < 1.29 is 29.0 Å². The Morgan fingerprint density at radius 3 is 2.26 bits per heavy atom. The molecule has 0 saturated heterocycles. The molecule has 35 heavy (non-hydrogen) atoms. The lowest BCUT2D eigenvalue weighted by Gasteiger charge is -2.30. The first-order chi connectivity index (χ1) is 17.0. The molecule has 0 aliphatic heterocycles. The molecule has 1 saturated carbocycles. The van der Waals surface area contributed by atoms with Crippen LogP contribution in [0.15, 0.2) is 48.5 Å². The number of aliphatic carboxylic acids is 1. The van der Waals surface area contributed by atoms with Crippen LogP contribution in [0.2, 0.25) is 0 Å². The Kier molecular flexibility index (Phi) is 8.36. The summed E-state index contributed by atoms with van der Waals surface area (Å²) in [5.74, 6) is -1.28. The van der Waals surface area contributed by atoms with Crippen molar-refractivity contribution in [3.05, 3.63) is 59.7 Å². The highest BCUT2D eigenvalue weighted by Crippen LogP contribution is 2.44. The van der Waals surface area contributed by atoms with Gasteiger partial charge in [-0.05, 0) is 41.0 Å². The van der Waals surface area contributed by atoms with Crippen LogP contribution in [-0.4, -0.2) is 56.0 Å². The van der Waals surface area contributed by atoms with Gasteiger partial charge < -0.3 is 25.2 Å². The van der Waals surface area contributed by atoms with Gasteiger partial charge in [0.15, 0.2) is 0 Å². The Bertz CT molecular complexity index is 1010. The first-order valence-corrected chi connectivity index (χ1v) is 12.2. The number of carbonyl (C=O) groups excluding carboxylic acids is 2. The van der Waals surface area contributed by atoms with E-state index < -0.39 is 12.1 Å². The van der Waals surface area contributed by atoms with Crippen molar-refractivity contribution in [3.63, 3.8) is 0 Å². The number of fused-ring (bicyclic) bond motifs is 3. The summed E-state index contributed by atoms with van der Waals surface area (Å²) in [6.07, 6.45) is 3.13. The summed E-state index contributed by atoms with van der Waals surface area (Å²) in [6, 6.07) is 16.4. The summed E-state index contributed by atoms with van der Waals surface area (Å²) in [5.41, 5.74) is 4.69. The third-order valence-corrected chi connectivity index (χ3v) is 6.87. The fraction of sp³-hybridized carbons (Fsp3) is 0.444. The number of carboxylic acid groups (broad SMARTS) is 1. The van der Waals surface area contributed by atoms with E-state index in [0.717, 1.165) is 36.8 Å². The Hall–Kier alpha value is -3.39. The van der Waals surface area contributed by atoms with E-state index in [-0.39, 0.29) is 50.0 Å². The fourth-order valence-electron chi connectivity index (χ4n) is 5.20. The van der Waals surface area contributed by atoms with Crippen molar-refractivity contribution in [2.45, 2.75) is 31.6 Å². The lowest BCUT2D eigenvalue weighted by Crippen LogP contribution is -2.42. The highest BCUT2D eigenvalue weighted by molar-refractivity contribution is 5.80. The first-order valence-electron chi connectivity index (χ1n) is 12.2. The molecule has 2 aliphatic carbocycles. The standard InChI is InChI=1S/C27H32N2O6/c30-25(31)17-34-14-13-28-26(32)19-8-2-1-7-18(19)15-29-27(33)35-16-24-22-11-5-3-9-20(22)21-10-4-6-12-23(21)24/h3-6,9-12,18-19,24H,1-2,7-8,13-17H2,(H,28,32)(H,29,33)(H,30,31)/t18-,19-/m1/s1. The molecule has 0 heterocycles. The van der Waals surface area contributed by atoms with Crippen LogP contribution in [0.3, 0.4) is 0 Å². The van der Waals surface area contributed by atoms with E-state index in [1.54, 1.807) is 0 Å². The smallest absolute Gasteiger partial charge is 0.407 e. The lowest BCUT2D eigenvalue weighted by atomic mass is 9.78. The van der Waals surface area contributed by atoms with Crippen LogP contribution in [0.4, 0.5) is 4.79 Å². The second-order valence-corrected chi connectivity index (χ2v) is 9.09. The number of amides is 2. The van der Waals surface area contributed by atoms with Gasteiger partial charge in [0.05, 0.1) is 6.61 Å². The van der Waals surface area contributed by atoms with Gasteiger partial charge in [-0.1, -0.05) is 61.4 Å². The number of ether oxygens (including phenoxy) is 2. The molecule has 8 heteroatoms. The van der Waals surface area contributed by atoms with Crippen LogP contribution in [0.1, 0.15) is 42.7 Å². The molecule has 3 N–H and O–H groups in total. The van der Waals surface area contributed by atoms with Gasteiger partial charge in [0.1, 0.15) is 13.2 Å². The van der Waals surface area contributed by atoms with Crippen LogP contribution >= 0.6 is 0 Å². The SMILES string of the molecule is O=C(O)COCCNC(=O)[C@@H]1CCCC[C@@H]1CNC(=O)OCC1c2ccccc2-c2ccccc21. The number of carboxylic acids is 1. The molecule has 0 unspecified atom stereocenters. The van der Waals surface area contributed by atoms with Crippen molar-refractivity contribution >= 4 is 18.0 Å². The van der Waals surface area contributed by atoms with Crippen LogP contribution in [0.25, 0.3) is 11.1 Å². The van der Waals surface area contributed by atoms with E-state index in [0.29, 0.717) is 6.54 Å². The Balaban J connectivity index is 1.25. The van der Waals surface area contributed by atoms with Crippen molar-refractivity contribution in [1.82, 2.24) is 10.6 Å². The van der Waals surface area contributed by atoms with Crippen molar-refractivity contribution in [2.24, 2.45) is 11.8 Å². The number of hydrogen-bond donors (Lipinski definition) is 3. The maximum atomic E-state index is 12.7. The van der Waals surface area contributed by atoms with Gasteiger partial charge in [0, 0.05) is 24.9 Å². The van der Waals surface area contributed by atoms with Gasteiger partial charge in [-0.2, -0.15) is 0 Å². The summed E-state index contributed by atoms with van der Waals surface area (Å²) in [6.45, 7) is 0.656. The number of benzene rings is 2. The molecular formula is C27H32N2O6. The second kappa shape index (κ2) is 11.8. The molecule has 2 aliphatic rings. The molecule has 2 aromatic carbocycles. The molecule has 0 radical (unpaired) electrons. The average molecular weight is 481 g/mol. The predicted molar refractivity (Wildman–Crippen MR) is 130 cm³/mol. The van der Waals surface area contributed by atoms with Gasteiger partial charge in [-0.3, -0.25) is 4.79 Å². The van der Waals surface area contributed by atoms with Crippen LogP contribution in [0, 0.1) is 11.8 Å². The molecule has 0 bridgehead atoms. The predicted octanol–water partition coefficient (Wildman–Crippen LogP) is 3.55. The maximum Gasteiger partial charge on any atom is 0.407 e. The zero-order chi connectivity index (χ0) is 24.6. The normalized spacial score (nSPS) is 18.9. The fourth-order valence-corrected chi connectivity index (χ4v) is 5.20. The third kappa shape index (κ3) is 6.19.